The molecule has 20 rings (SSSR count). The van der Waals surface area contributed by atoms with Gasteiger partial charge in [0.1, 0.15) is 98.6 Å². The second-order valence-corrected chi connectivity index (χ2v) is 31.8. The van der Waals surface area contributed by atoms with Crippen LogP contribution in [0.15, 0.2) is 267 Å². The van der Waals surface area contributed by atoms with E-state index in [4.69, 9.17) is 13.6 Å². The molecule has 0 aliphatic heterocycles. The topological polar surface area (TPSA) is 333 Å². The fraction of sp³-hybridized carbons (Fsp3) is 0.167. The molecule has 2 N–H and O–H groups in total. The Balaban J connectivity index is 0.000000130. The predicted octanol–water partition coefficient (Wildman–Crippen LogP) is 18.0. The third kappa shape index (κ3) is 20.4. The molecule has 0 saturated carbocycles. The van der Waals surface area contributed by atoms with Gasteiger partial charge in [-0.1, -0.05) is 55.5 Å². The Hall–Kier alpha value is -17.0. The number of thioether (sulfide) groups is 1. The number of benzene rings is 8. The van der Waals surface area contributed by atoms with Crippen LogP contribution < -0.4 is 56.6 Å². The largest absolute Gasteiger partial charge is 0.497 e. The molecule has 700 valence electrons. The summed E-state index contributed by atoms with van der Waals surface area (Å²) in [5, 5.41) is 44.9. The van der Waals surface area contributed by atoms with Crippen LogP contribution in [-0.2, 0) is 28.2 Å². The first kappa shape index (κ1) is 88.9. The van der Waals surface area contributed by atoms with Crippen molar-refractivity contribution in [3.8, 4) is 96.1 Å². The Morgan fingerprint density at radius 3 is 1.01 bits per heavy atom. The fourth-order valence-electron chi connectivity index (χ4n) is 15.2. The summed E-state index contributed by atoms with van der Waals surface area (Å²) in [5.74, 6) is 1.47. The summed E-state index contributed by atoms with van der Waals surface area (Å²) in [4.78, 5) is 72.9. The molecule has 0 unspecified atom stereocenters. The molecule has 0 atom stereocenters. The van der Waals surface area contributed by atoms with E-state index in [1.54, 1.807) is 147 Å². The van der Waals surface area contributed by atoms with Crippen molar-refractivity contribution < 1.29 is 71.7 Å². The van der Waals surface area contributed by atoms with Crippen LogP contribution in [0.3, 0.4) is 0 Å². The van der Waals surface area contributed by atoms with Crippen molar-refractivity contribution >= 4 is 111 Å². The first-order chi connectivity index (χ1) is 67.6. The number of fused-ring (bicyclic) bond motifs is 8. The van der Waals surface area contributed by atoms with Gasteiger partial charge in [0.05, 0.1) is 83.2 Å². The smallest absolute Gasteiger partial charge is 0.405 e. The zero-order valence-corrected chi connectivity index (χ0v) is 74.0. The molecule has 8 aromatic carbocycles. The first-order valence-electron chi connectivity index (χ1n) is 43.5. The van der Waals surface area contributed by atoms with Crippen LogP contribution in [0.2, 0.25) is 0 Å². The van der Waals surface area contributed by atoms with E-state index in [0.29, 0.717) is 96.0 Å². The molecular weight excluding hydrogens is 1830 g/mol. The molecule has 12 heterocycles. The molecule has 0 bridgehead atoms. The summed E-state index contributed by atoms with van der Waals surface area (Å²) in [6.07, 6.45) is 2.85. The molecular formula is C96H76F10N22O9S. The van der Waals surface area contributed by atoms with Gasteiger partial charge in [-0.3, -0.25) is 37.9 Å². The lowest BCUT2D eigenvalue weighted by Gasteiger charge is -2.13. The van der Waals surface area contributed by atoms with Crippen LogP contribution in [-0.4, -0.2) is 163 Å². The molecule has 138 heavy (non-hydrogen) atoms. The average molecular weight is 1910 g/mol. The number of pyridine rings is 4. The van der Waals surface area contributed by atoms with Crippen molar-refractivity contribution in [1.29, 1.82) is 0 Å². The fourth-order valence-corrected chi connectivity index (χ4v) is 15.8. The number of alkyl halides is 10. The van der Waals surface area contributed by atoms with Crippen molar-refractivity contribution in [2.75, 3.05) is 49.8 Å². The minimum Gasteiger partial charge on any atom is -0.497 e. The number of hydrogen-bond acceptors (Lipinski definition) is 24. The molecule has 0 aliphatic carbocycles. The third-order valence-electron chi connectivity index (χ3n) is 21.0. The van der Waals surface area contributed by atoms with E-state index >= 15 is 0 Å². The second kappa shape index (κ2) is 39.7. The maximum atomic E-state index is 13.8. The number of nitrogens with zero attached hydrogens (tertiary/aromatic N) is 20. The summed E-state index contributed by atoms with van der Waals surface area (Å²) in [5.41, 5.74) is 8.88. The van der Waals surface area contributed by atoms with Gasteiger partial charge in [-0.15, -0.1) is 11.8 Å². The third-order valence-corrected chi connectivity index (χ3v) is 21.9. The van der Waals surface area contributed by atoms with Crippen molar-refractivity contribution in [3.63, 3.8) is 0 Å². The minimum absolute atomic E-state index is 0.000708. The second-order valence-electron chi connectivity index (χ2n) is 30.5. The predicted molar refractivity (Wildman–Crippen MR) is 502 cm³/mol. The van der Waals surface area contributed by atoms with Gasteiger partial charge >= 0.3 is 26.0 Å². The van der Waals surface area contributed by atoms with Gasteiger partial charge in [-0.05, 0) is 199 Å². The van der Waals surface area contributed by atoms with Crippen LogP contribution in [0.4, 0.5) is 55.5 Å². The molecule has 0 aliphatic rings. The van der Waals surface area contributed by atoms with Gasteiger partial charge in [0.15, 0.2) is 0 Å². The average Bonchev–Trinajstić information content (AvgIpc) is 1.03. The van der Waals surface area contributed by atoms with Crippen molar-refractivity contribution in [2.24, 2.45) is 28.2 Å². The Morgan fingerprint density at radius 2 is 0.688 bits per heavy atom. The van der Waals surface area contributed by atoms with Gasteiger partial charge < -0.3 is 34.3 Å². The van der Waals surface area contributed by atoms with Crippen LogP contribution >= 0.6 is 11.8 Å². The van der Waals surface area contributed by atoms with Crippen molar-refractivity contribution in [2.45, 2.75) is 44.9 Å². The highest BCUT2D eigenvalue weighted by Gasteiger charge is 2.29. The van der Waals surface area contributed by atoms with Crippen LogP contribution in [0, 0.1) is 0 Å². The number of methoxy groups -OCH3 is 1. The normalized spacial score (nSPS) is 12.0. The van der Waals surface area contributed by atoms with Crippen molar-refractivity contribution in [1.82, 2.24) is 98.2 Å². The molecule has 42 heteroatoms. The number of nitrogens with one attached hydrogen (secondary N) is 2. The number of rotatable bonds is 24. The summed E-state index contributed by atoms with van der Waals surface area (Å²) in [6, 6.07) is 57.8. The molecule has 31 nitrogen and oxygen atoms in total. The van der Waals surface area contributed by atoms with E-state index in [-0.39, 0.29) is 85.7 Å². The van der Waals surface area contributed by atoms with Crippen LogP contribution in [0.5, 0.6) is 28.9 Å². The molecule has 0 saturated heterocycles. The Morgan fingerprint density at radius 1 is 0.377 bits per heavy atom. The molecule has 0 spiro atoms. The van der Waals surface area contributed by atoms with E-state index < -0.39 is 57.4 Å². The number of hydrogen-bond donors (Lipinski definition) is 2. The molecule has 0 radical (unpaired) electrons. The van der Waals surface area contributed by atoms with Crippen LogP contribution in [0.1, 0.15) is 18.0 Å². The number of aromatic nitrogens is 20. The Labute approximate surface area is 780 Å². The highest BCUT2D eigenvalue weighted by atomic mass is 32.2. The Kier molecular flexibility index (Phi) is 25.6. The lowest BCUT2D eigenvalue weighted by Crippen LogP contribution is -2.24. The van der Waals surface area contributed by atoms with E-state index in [9.17, 15) is 63.1 Å². The summed E-state index contributed by atoms with van der Waals surface area (Å²) in [7, 11) is 4.62. The standard InChI is InChI=1S/C24H17F5N6O2.C24H20F2N6O2.C24H19F2N5O2S.C24H20FN5O3/c1-34-11-14-10-15(4-7-17(14)32-34)35-22(36)20(13-2-5-16(6-3-13)37-23(25)26)21-18(33-35)8-9-19(31-21)30-12-24(27,28)29;1-3-27-20-11-10-19-22(28-20)21(14-4-7-17(8-5-14)34-24(25)26)23(33)32(30-19)16-6-9-18-15(12-16)13-31(2)29-18;1-3-34-20-11-10-19-22(27-20)21(14-4-7-17(8-5-14)33-24(25)26)23(32)31(29-19)16-6-9-18-15(12-16)13-30(2)28-18;1-29-14-16-13-17(5-8-19(16)27-29)30-24(31)22(15-3-6-18(32-2)7-4-15)23-20(28-30)9-10-21(26-23)33-12-11-25/h2-11,23H,12H2,1H3,(H,30,31);4-13,24H,3H2,1-2H3,(H,27,28);4-13,24H,3H2,1-2H3;3-10,13-14H,11-12H2,1-2H3/i;;;2D3. The van der Waals surface area contributed by atoms with Gasteiger partial charge in [-0.2, -0.15) is 99.0 Å². The van der Waals surface area contributed by atoms with Crippen molar-refractivity contribution in [3.05, 3.63) is 285 Å². The Bertz CT molecular complexity index is 8120. The lowest BCUT2D eigenvalue weighted by molar-refractivity contribution is -0.115. The lowest BCUT2D eigenvalue weighted by atomic mass is 10.1. The zero-order valence-electron chi connectivity index (χ0n) is 76.2. The SMILES string of the molecule is CCNc1ccc2nn(-c3ccc4nn(C)cc4c3)c(=O)c(-c3ccc(OC(F)F)cc3)c2n1.CCSc1ccc2nn(-c3ccc4nn(C)cc4c3)c(=O)c(-c3ccc(OC(F)F)cc3)c2n1.Cn1cc2cc(-n3nc4ccc(NCC(F)(F)F)nc4c(-c4ccc(OC(F)F)cc4)c3=O)ccc2n1.[2H]C([2H])([2H])Oc1ccc(-c2c(=O)n(-c3ccc4nn(C)cc4c3)nc3ccc(OCCF)nc23)cc1. The molecule has 12 aromatic heterocycles. The molecule has 20 aromatic rings. The number of aryl methyl sites for hydroxylation is 4. The van der Waals surface area contributed by atoms with E-state index in [2.05, 4.69) is 85.6 Å². The minimum atomic E-state index is -4.48. The van der Waals surface area contributed by atoms with Gasteiger partial charge in [0, 0.05) is 87.1 Å². The van der Waals surface area contributed by atoms with E-state index in [1.165, 1.54) is 86.8 Å². The summed E-state index contributed by atoms with van der Waals surface area (Å²) in [6.45, 7) is -6.46. The first-order valence-corrected chi connectivity index (χ1v) is 43.0. The van der Waals surface area contributed by atoms with E-state index in [1.807, 2.05) is 96.0 Å². The maximum absolute atomic E-state index is 13.8. The highest BCUT2D eigenvalue weighted by Crippen LogP contribution is 2.36. The van der Waals surface area contributed by atoms with Gasteiger partial charge in [0.2, 0.25) is 5.88 Å². The quantitative estimate of drug-likeness (QED) is 0.0419. The number of anilines is 2. The molecule has 0 fully saturated rings. The zero-order chi connectivity index (χ0) is 99.4. The maximum Gasteiger partial charge on any atom is 0.405 e. The van der Waals surface area contributed by atoms with Gasteiger partial charge in [0.25, 0.3) is 22.2 Å². The monoisotopic (exact) mass is 1910 g/mol. The van der Waals surface area contributed by atoms with Crippen LogP contribution in [0.25, 0.3) is 155 Å². The number of halogens is 10. The summed E-state index contributed by atoms with van der Waals surface area (Å²) >= 11 is 1.55. The molecule has 0 amide bonds. The number of ether oxygens (including phenoxy) is 5. The van der Waals surface area contributed by atoms with Gasteiger partial charge in [-0.25, -0.2) is 24.3 Å². The summed E-state index contributed by atoms with van der Waals surface area (Å²) < 4.78 is 183. The highest BCUT2D eigenvalue weighted by molar-refractivity contribution is 7.99. The van der Waals surface area contributed by atoms with E-state index in [0.717, 1.165) is 53.6 Å².